The van der Waals surface area contributed by atoms with Crippen molar-refractivity contribution < 1.29 is 4.52 Å². The Morgan fingerprint density at radius 1 is 1.22 bits per heavy atom. The molecule has 0 aliphatic carbocycles. The van der Waals surface area contributed by atoms with Crippen LogP contribution < -0.4 is 4.52 Å². The Hall–Kier alpha value is -0.810. The standard InChI is InChI=1S/C7H7OP/c1-9-8-7-5-3-2-4-6-7/h2-6H,1H2. The molecule has 0 saturated carbocycles. The van der Waals surface area contributed by atoms with E-state index < -0.39 is 0 Å². The topological polar surface area (TPSA) is 9.23 Å². The van der Waals surface area contributed by atoms with Crippen LogP contribution in [0.25, 0.3) is 0 Å². The Bertz CT molecular complexity index is 183. The van der Waals surface area contributed by atoms with E-state index in [0.29, 0.717) is 8.43 Å². The zero-order chi connectivity index (χ0) is 6.53. The summed E-state index contributed by atoms with van der Waals surface area (Å²) in [7, 11) is 0.695. The van der Waals surface area contributed by atoms with Gasteiger partial charge in [-0.15, -0.1) is 0 Å². The van der Waals surface area contributed by atoms with Crippen LogP contribution in [0.1, 0.15) is 0 Å². The first-order chi connectivity index (χ1) is 4.43. The molecule has 0 aliphatic rings. The molecule has 0 N–H and O–H groups in total. The molecule has 9 heavy (non-hydrogen) atoms. The third-order valence-electron chi connectivity index (χ3n) is 0.913. The minimum atomic E-state index is 0.695. The molecule has 0 radical (unpaired) electrons. The van der Waals surface area contributed by atoms with E-state index >= 15 is 0 Å². The molecule has 0 spiro atoms. The molecule has 0 fully saturated rings. The van der Waals surface area contributed by atoms with Gasteiger partial charge in [-0.25, -0.2) is 0 Å². The molecule has 1 aromatic rings. The van der Waals surface area contributed by atoms with Gasteiger partial charge in [0.2, 0.25) is 0 Å². The Morgan fingerprint density at radius 2 is 1.89 bits per heavy atom. The maximum atomic E-state index is 5.07. The summed E-state index contributed by atoms with van der Waals surface area (Å²) in [5.74, 6) is 0.870. The molecule has 46 valence electrons. The van der Waals surface area contributed by atoms with Gasteiger partial charge in [0.05, 0.1) is 0 Å². The quantitative estimate of drug-likeness (QED) is 0.570. The Morgan fingerprint density at radius 3 is 2.44 bits per heavy atom. The summed E-state index contributed by atoms with van der Waals surface area (Å²) in [5.41, 5.74) is 0. The van der Waals surface area contributed by atoms with Crippen LogP contribution in [0.2, 0.25) is 0 Å². The summed E-state index contributed by atoms with van der Waals surface area (Å²) < 4.78 is 5.07. The molecule has 1 nitrogen and oxygen atoms in total. The molecule has 1 rings (SSSR count). The molecule has 2 heteroatoms. The Kier molecular flexibility index (Phi) is 2.29. The second-order valence-electron chi connectivity index (χ2n) is 1.53. The van der Waals surface area contributed by atoms with E-state index in [1.807, 2.05) is 30.3 Å². The van der Waals surface area contributed by atoms with E-state index in [4.69, 9.17) is 4.52 Å². The summed E-state index contributed by atoms with van der Waals surface area (Å²) in [6.45, 7) is 0. The van der Waals surface area contributed by atoms with Crippen LogP contribution >= 0.6 is 8.43 Å². The summed E-state index contributed by atoms with van der Waals surface area (Å²) in [6, 6.07) is 9.62. The van der Waals surface area contributed by atoms with Gasteiger partial charge in [0.1, 0.15) is 14.2 Å². The van der Waals surface area contributed by atoms with Crippen molar-refractivity contribution in [2.45, 2.75) is 0 Å². The Balaban J connectivity index is 2.72. The van der Waals surface area contributed by atoms with Crippen LogP contribution in [0.3, 0.4) is 0 Å². The lowest BCUT2D eigenvalue weighted by molar-refractivity contribution is 0.644. The fourth-order valence-corrected chi connectivity index (χ4v) is 0.827. The van der Waals surface area contributed by atoms with Crippen molar-refractivity contribution in [1.29, 1.82) is 0 Å². The van der Waals surface area contributed by atoms with E-state index in [0.717, 1.165) is 5.75 Å². The number of hydrogen-bond acceptors (Lipinski definition) is 1. The molecule has 0 aromatic heterocycles. The highest BCUT2D eigenvalue weighted by atomic mass is 31.1. The van der Waals surface area contributed by atoms with Crippen LogP contribution in [0.4, 0.5) is 0 Å². The second kappa shape index (κ2) is 3.26. The van der Waals surface area contributed by atoms with Gasteiger partial charge in [0, 0.05) is 0 Å². The lowest BCUT2D eigenvalue weighted by Gasteiger charge is -1.93. The number of benzene rings is 1. The lowest BCUT2D eigenvalue weighted by Crippen LogP contribution is -1.70. The summed E-state index contributed by atoms with van der Waals surface area (Å²) in [6.07, 6.45) is 3.53. The van der Waals surface area contributed by atoms with Gasteiger partial charge in [0.15, 0.2) is 0 Å². The van der Waals surface area contributed by atoms with Crippen molar-refractivity contribution >= 4 is 14.7 Å². The minimum absolute atomic E-state index is 0.695. The van der Waals surface area contributed by atoms with Crippen molar-refractivity contribution in [1.82, 2.24) is 0 Å². The predicted molar refractivity (Wildman–Crippen MR) is 41.1 cm³/mol. The number of rotatable bonds is 2. The van der Waals surface area contributed by atoms with Crippen molar-refractivity contribution in [3.8, 4) is 5.75 Å². The maximum Gasteiger partial charge on any atom is 0.131 e. The fraction of sp³-hybridized carbons (Fsp3) is 0. The van der Waals surface area contributed by atoms with Gasteiger partial charge in [-0.05, 0) is 18.4 Å². The highest BCUT2D eigenvalue weighted by Crippen LogP contribution is 2.12. The fourth-order valence-electron chi connectivity index (χ4n) is 0.556. The van der Waals surface area contributed by atoms with Crippen LogP contribution in [-0.4, -0.2) is 6.30 Å². The molecule has 0 saturated heterocycles. The summed E-state index contributed by atoms with van der Waals surface area (Å²) in [5, 5.41) is 0. The SMILES string of the molecule is C=POc1ccccc1. The van der Waals surface area contributed by atoms with Crippen LogP contribution in [0.5, 0.6) is 5.75 Å². The normalized spacial score (nSPS) is 9.33. The van der Waals surface area contributed by atoms with Gasteiger partial charge in [-0.1, -0.05) is 18.2 Å². The summed E-state index contributed by atoms with van der Waals surface area (Å²) >= 11 is 0. The van der Waals surface area contributed by atoms with E-state index in [2.05, 4.69) is 6.30 Å². The predicted octanol–water partition coefficient (Wildman–Crippen LogP) is 2.36. The lowest BCUT2D eigenvalue weighted by atomic mass is 10.3. The average molecular weight is 138 g/mol. The molecular formula is C7H7OP. The van der Waals surface area contributed by atoms with Crippen LogP contribution in [0, 0.1) is 0 Å². The van der Waals surface area contributed by atoms with E-state index in [1.54, 1.807) is 0 Å². The monoisotopic (exact) mass is 138 g/mol. The molecule has 0 atom stereocenters. The van der Waals surface area contributed by atoms with Crippen molar-refractivity contribution in [3.63, 3.8) is 0 Å². The van der Waals surface area contributed by atoms with Crippen molar-refractivity contribution in [3.05, 3.63) is 30.3 Å². The zero-order valence-corrected chi connectivity index (χ0v) is 5.84. The largest absolute Gasteiger partial charge is 0.440 e. The zero-order valence-electron chi connectivity index (χ0n) is 4.95. The molecule has 0 unspecified atom stereocenters. The highest BCUT2D eigenvalue weighted by molar-refractivity contribution is 7.31. The van der Waals surface area contributed by atoms with Crippen molar-refractivity contribution in [2.75, 3.05) is 0 Å². The molecule has 1 aromatic carbocycles. The van der Waals surface area contributed by atoms with Gasteiger partial charge >= 0.3 is 0 Å². The molecule has 0 aliphatic heterocycles. The van der Waals surface area contributed by atoms with Gasteiger partial charge in [-0.3, -0.25) is 0 Å². The van der Waals surface area contributed by atoms with E-state index in [1.165, 1.54) is 0 Å². The van der Waals surface area contributed by atoms with Gasteiger partial charge in [-0.2, -0.15) is 0 Å². The average Bonchev–Trinajstić information content (AvgIpc) is 1.91. The van der Waals surface area contributed by atoms with E-state index in [-0.39, 0.29) is 0 Å². The second-order valence-corrected chi connectivity index (χ2v) is 1.97. The molecular weight excluding hydrogens is 131 g/mol. The third-order valence-corrected chi connectivity index (χ3v) is 1.25. The first-order valence-corrected chi connectivity index (χ1v) is 3.61. The minimum Gasteiger partial charge on any atom is -0.440 e. The molecule has 0 amide bonds. The molecule has 0 heterocycles. The van der Waals surface area contributed by atoms with Crippen LogP contribution in [-0.2, 0) is 0 Å². The van der Waals surface area contributed by atoms with E-state index in [9.17, 15) is 0 Å². The first-order valence-electron chi connectivity index (χ1n) is 2.61. The van der Waals surface area contributed by atoms with Gasteiger partial charge in [0.25, 0.3) is 0 Å². The number of hydrogen-bond donors (Lipinski definition) is 0. The van der Waals surface area contributed by atoms with Crippen molar-refractivity contribution in [2.24, 2.45) is 0 Å². The third kappa shape index (κ3) is 1.87. The Labute approximate surface area is 56.2 Å². The van der Waals surface area contributed by atoms with Crippen LogP contribution in [0.15, 0.2) is 30.3 Å². The number of para-hydroxylation sites is 1. The highest BCUT2D eigenvalue weighted by Gasteiger charge is 1.83. The van der Waals surface area contributed by atoms with Gasteiger partial charge < -0.3 is 4.52 Å². The smallest absolute Gasteiger partial charge is 0.131 e. The molecule has 0 bridgehead atoms. The summed E-state index contributed by atoms with van der Waals surface area (Å²) in [4.78, 5) is 0. The first kappa shape index (κ1) is 6.31. The maximum absolute atomic E-state index is 5.07.